The number of aryl methyl sites for hydroxylation is 1. The number of nitrogens with zero attached hydrogens (tertiary/aromatic N) is 4. The smallest absolute Gasteiger partial charge is 0.271 e. The Kier molecular flexibility index (Phi) is 5.37. The molecule has 0 unspecified atom stereocenters. The highest BCUT2D eigenvalue weighted by Crippen LogP contribution is 2.21. The van der Waals surface area contributed by atoms with Gasteiger partial charge in [0.15, 0.2) is 5.82 Å². The van der Waals surface area contributed by atoms with Crippen molar-refractivity contribution in [3.05, 3.63) is 53.8 Å². The second kappa shape index (κ2) is 8.26. The molecule has 1 aliphatic heterocycles. The number of carbonyl (C=O) groups is 2. The van der Waals surface area contributed by atoms with Gasteiger partial charge in [-0.25, -0.2) is 0 Å². The molecule has 3 heterocycles. The lowest BCUT2D eigenvalue weighted by molar-refractivity contribution is -0.126. The van der Waals surface area contributed by atoms with Gasteiger partial charge >= 0.3 is 0 Å². The molecule has 0 spiro atoms. The molecule has 1 aliphatic rings. The van der Waals surface area contributed by atoms with E-state index < -0.39 is 0 Å². The molecule has 0 saturated carbocycles. The van der Waals surface area contributed by atoms with E-state index in [1.165, 1.54) is 0 Å². The van der Waals surface area contributed by atoms with Crippen molar-refractivity contribution in [3.63, 3.8) is 0 Å². The Morgan fingerprint density at radius 2 is 2.00 bits per heavy atom. The minimum absolute atomic E-state index is 0.0548. The van der Waals surface area contributed by atoms with Crippen LogP contribution in [0.5, 0.6) is 0 Å². The first-order valence-corrected chi connectivity index (χ1v) is 9.57. The van der Waals surface area contributed by atoms with Crippen LogP contribution in [-0.4, -0.2) is 50.1 Å². The number of rotatable bonds is 5. The molecule has 1 saturated heterocycles. The Labute approximate surface area is 167 Å². The first-order chi connectivity index (χ1) is 14.1. The molecule has 2 amide bonds. The highest BCUT2D eigenvalue weighted by Gasteiger charge is 2.28. The van der Waals surface area contributed by atoms with Crippen LogP contribution in [0.1, 0.15) is 35.0 Å². The topological polar surface area (TPSA) is 117 Å². The molecule has 0 bridgehead atoms. The quantitative estimate of drug-likeness (QED) is 0.683. The van der Waals surface area contributed by atoms with Crippen LogP contribution < -0.4 is 5.32 Å². The number of aromatic nitrogens is 4. The Bertz CT molecular complexity index is 989. The van der Waals surface area contributed by atoms with Crippen molar-refractivity contribution in [2.75, 3.05) is 13.1 Å². The van der Waals surface area contributed by atoms with Crippen LogP contribution in [-0.2, 0) is 11.3 Å². The molecule has 4 rings (SSSR count). The summed E-state index contributed by atoms with van der Waals surface area (Å²) in [6.07, 6.45) is 1.22. The molecule has 9 heteroatoms. The van der Waals surface area contributed by atoms with E-state index in [2.05, 4.69) is 25.7 Å². The fourth-order valence-electron chi connectivity index (χ4n) is 3.42. The molecule has 2 N–H and O–H groups in total. The van der Waals surface area contributed by atoms with Crippen LogP contribution in [0.25, 0.3) is 11.3 Å². The minimum Gasteiger partial charge on any atom is -0.347 e. The normalized spacial score (nSPS) is 14.7. The monoisotopic (exact) mass is 394 g/mol. The van der Waals surface area contributed by atoms with Gasteiger partial charge in [-0.3, -0.25) is 14.7 Å². The molecule has 1 aromatic carbocycles. The fraction of sp³-hybridized carbons (Fsp3) is 0.350. The van der Waals surface area contributed by atoms with Gasteiger partial charge in [0.1, 0.15) is 5.69 Å². The lowest BCUT2D eigenvalue weighted by atomic mass is 9.95. The maximum atomic E-state index is 12.8. The zero-order valence-corrected chi connectivity index (χ0v) is 16.1. The molecule has 1 fully saturated rings. The number of hydrogen-bond acceptors (Lipinski definition) is 6. The van der Waals surface area contributed by atoms with E-state index in [9.17, 15) is 9.59 Å². The molecule has 0 aliphatic carbocycles. The SMILES string of the molecule is Cc1noc(CNC(=O)C2CCN(C(=O)c3cc(-c4ccccc4)n[nH]3)CC2)n1. The average Bonchev–Trinajstić information content (AvgIpc) is 3.41. The Hall–Kier alpha value is -3.49. The number of benzene rings is 1. The van der Waals surface area contributed by atoms with Gasteiger partial charge in [0.2, 0.25) is 11.8 Å². The minimum atomic E-state index is -0.135. The Morgan fingerprint density at radius 1 is 1.24 bits per heavy atom. The van der Waals surface area contributed by atoms with Gasteiger partial charge in [-0.2, -0.15) is 10.1 Å². The van der Waals surface area contributed by atoms with E-state index >= 15 is 0 Å². The van der Waals surface area contributed by atoms with Crippen molar-refractivity contribution in [1.82, 2.24) is 30.6 Å². The van der Waals surface area contributed by atoms with Crippen molar-refractivity contribution >= 4 is 11.8 Å². The van der Waals surface area contributed by atoms with Gasteiger partial charge in [-0.15, -0.1) is 0 Å². The lowest BCUT2D eigenvalue weighted by Crippen LogP contribution is -2.43. The van der Waals surface area contributed by atoms with Crippen LogP contribution >= 0.6 is 0 Å². The summed E-state index contributed by atoms with van der Waals surface area (Å²) in [4.78, 5) is 30.9. The summed E-state index contributed by atoms with van der Waals surface area (Å²) < 4.78 is 5.00. The number of H-pyrrole nitrogens is 1. The lowest BCUT2D eigenvalue weighted by Gasteiger charge is -2.30. The van der Waals surface area contributed by atoms with E-state index in [0.717, 1.165) is 11.3 Å². The third-order valence-electron chi connectivity index (χ3n) is 5.01. The molecule has 29 heavy (non-hydrogen) atoms. The van der Waals surface area contributed by atoms with Crippen LogP contribution in [0.3, 0.4) is 0 Å². The summed E-state index contributed by atoms with van der Waals surface area (Å²) >= 11 is 0. The first kappa shape index (κ1) is 18.9. The predicted octanol–water partition coefficient (Wildman–Crippen LogP) is 1.94. The summed E-state index contributed by atoms with van der Waals surface area (Å²) in [6, 6.07) is 11.5. The van der Waals surface area contributed by atoms with Gasteiger partial charge < -0.3 is 14.7 Å². The average molecular weight is 394 g/mol. The number of likely N-dealkylation sites (tertiary alicyclic amines) is 1. The van der Waals surface area contributed by atoms with E-state index in [4.69, 9.17) is 4.52 Å². The van der Waals surface area contributed by atoms with E-state index in [-0.39, 0.29) is 24.3 Å². The van der Waals surface area contributed by atoms with E-state index in [1.54, 1.807) is 17.9 Å². The first-order valence-electron chi connectivity index (χ1n) is 9.57. The van der Waals surface area contributed by atoms with Crippen molar-refractivity contribution in [1.29, 1.82) is 0 Å². The third-order valence-corrected chi connectivity index (χ3v) is 5.01. The predicted molar refractivity (Wildman–Crippen MR) is 104 cm³/mol. The molecule has 0 radical (unpaired) electrons. The van der Waals surface area contributed by atoms with E-state index in [1.807, 2.05) is 30.3 Å². The molecule has 150 valence electrons. The third kappa shape index (κ3) is 4.34. The second-order valence-electron chi connectivity index (χ2n) is 7.05. The van der Waals surface area contributed by atoms with Gasteiger partial charge in [0.25, 0.3) is 5.91 Å². The molecule has 2 aromatic heterocycles. The molecular weight excluding hydrogens is 372 g/mol. The number of aromatic amines is 1. The van der Waals surface area contributed by atoms with Crippen LogP contribution in [0, 0.1) is 12.8 Å². The Balaban J connectivity index is 1.29. The highest BCUT2D eigenvalue weighted by atomic mass is 16.5. The number of carbonyl (C=O) groups excluding carboxylic acids is 2. The number of amides is 2. The van der Waals surface area contributed by atoms with E-state index in [0.29, 0.717) is 43.3 Å². The second-order valence-corrected chi connectivity index (χ2v) is 7.05. The Morgan fingerprint density at radius 3 is 2.69 bits per heavy atom. The summed E-state index contributed by atoms with van der Waals surface area (Å²) in [7, 11) is 0. The van der Waals surface area contributed by atoms with Crippen LogP contribution in [0.15, 0.2) is 40.9 Å². The number of hydrogen-bond donors (Lipinski definition) is 2. The zero-order valence-electron chi connectivity index (χ0n) is 16.1. The zero-order chi connectivity index (χ0) is 20.2. The molecule has 9 nitrogen and oxygen atoms in total. The summed E-state index contributed by atoms with van der Waals surface area (Å²) in [6.45, 7) is 2.99. The maximum absolute atomic E-state index is 12.8. The van der Waals surface area contributed by atoms with Crippen LogP contribution in [0.4, 0.5) is 0 Å². The van der Waals surface area contributed by atoms with Crippen molar-refractivity contribution in [2.24, 2.45) is 5.92 Å². The van der Waals surface area contributed by atoms with Crippen molar-refractivity contribution < 1.29 is 14.1 Å². The van der Waals surface area contributed by atoms with Gasteiger partial charge in [0.05, 0.1) is 12.2 Å². The molecular formula is C20H22N6O3. The number of piperidine rings is 1. The van der Waals surface area contributed by atoms with Gasteiger partial charge in [-0.1, -0.05) is 35.5 Å². The van der Waals surface area contributed by atoms with Crippen molar-refractivity contribution in [2.45, 2.75) is 26.3 Å². The van der Waals surface area contributed by atoms with Crippen LogP contribution in [0.2, 0.25) is 0 Å². The largest absolute Gasteiger partial charge is 0.347 e. The maximum Gasteiger partial charge on any atom is 0.271 e. The number of nitrogens with one attached hydrogen (secondary N) is 2. The standard InChI is InChI=1S/C20H22N6O3/c1-13-22-18(29-25-13)12-21-19(27)15-7-9-26(10-8-15)20(28)17-11-16(23-24-17)14-5-3-2-4-6-14/h2-6,11,15H,7-10,12H2,1H3,(H,21,27)(H,23,24). The summed E-state index contributed by atoms with van der Waals surface area (Å²) in [5, 5.41) is 13.6. The van der Waals surface area contributed by atoms with Crippen molar-refractivity contribution in [3.8, 4) is 11.3 Å². The van der Waals surface area contributed by atoms with Gasteiger partial charge in [0, 0.05) is 24.6 Å². The summed E-state index contributed by atoms with van der Waals surface area (Å²) in [5.41, 5.74) is 2.15. The summed E-state index contributed by atoms with van der Waals surface area (Å²) in [5.74, 6) is 0.637. The fourth-order valence-corrected chi connectivity index (χ4v) is 3.42. The highest BCUT2D eigenvalue weighted by molar-refractivity contribution is 5.93. The molecule has 0 atom stereocenters. The van der Waals surface area contributed by atoms with Gasteiger partial charge in [-0.05, 0) is 25.8 Å². The molecule has 3 aromatic rings.